The number of hydrogen-bond donors (Lipinski definition) is 3. The zero-order chi connectivity index (χ0) is 7.28. The second-order valence-corrected chi connectivity index (χ2v) is 2.96. The molecule has 0 aliphatic rings. The maximum atomic E-state index is 10.1. The summed E-state index contributed by atoms with van der Waals surface area (Å²) in [7, 11) is 0. The zero-order valence-corrected chi connectivity index (χ0v) is 7.42. The molecule has 0 aliphatic carbocycles. The van der Waals surface area contributed by atoms with Crippen molar-refractivity contribution in [2.75, 3.05) is 13.1 Å². The number of carboxylic acids is 1. The lowest BCUT2D eigenvalue weighted by Crippen LogP contribution is -2.39. The first-order valence-electron chi connectivity index (χ1n) is 2.84. The fourth-order valence-corrected chi connectivity index (χ4v) is 0.676. The number of carboxylic acid groups (broad SMARTS) is 1. The van der Waals surface area contributed by atoms with Gasteiger partial charge in [0, 0.05) is 18.0 Å². The van der Waals surface area contributed by atoms with Crippen LogP contribution in [0.5, 0.6) is 0 Å². The Kier molecular flexibility index (Phi) is 4.73. The van der Waals surface area contributed by atoms with Crippen LogP contribution in [0.15, 0.2) is 0 Å². The highest BCUT2D eigenvalue weighted by molar-refractivity contribution is 6.22. The molecule has 9 heavy (non-hydrogen) atoms. The smallest absolute Gasteiger partial charge is 0.305 e. The third kappa shape index (κ3) is 4.43. The van der Waals surface area contributed by atoms with Crippen LogP contribution in [-0.4, -0.2) is 45.4 Å². The molecule has 0 spiro atoms. The van der Waals surface area contributed by atoms with Crippen molar-refractivity contribution < 1.29 is 9.90 Å². The highest BCUT2D eigenvalue weighted by atomic mass is 27.0. The van der Waals surface area contributed by atoms with Crippen molar-refractivity contribution in [3.05, 3.63) is 0 Å². The van der Waals surface area contributed by atoms with Crippen molar-refractivity contribution in [2.45, 2.75) is 4.90 Å². The maximum absolute atomic E-state index is 10.1. The minimum Gasteiger partial charge on any atom is -0.481 e. The van der Waals surface area contributed by atoms with E-state index in [0.717, 1.165) is 0 Å². The van der Waals surface area contributed by atoms with Gasteiger partial charge in [0.15, 0.2) is 0 Å². The third-order valence-corrected chi connectivity index (χ3v) is 1.87. The van der Waals surface area contributed by atoms with Crippen LogP contribution in [-0.2, 0) is 4.79 Å². The Morgan fingerprint density at radius 1 is 1.89 bits per heavy atom. The van der Waals surface area contributed by atoms with E-state index in [0.29, 0.717) is 29.4 Å². The van der Waals surface area contributed by atoms with Crippen LogP contribution < -0.4 is 11.1 Å². The van der Waals surface area contributed by atoms with Crippen molar-refractivity contribution in [2.24, 2.45) is 5.73 Å². The van der Waals surface area contributed by atoms with Gasteiger partial charge in [-0.1, -0.05) is 0 Å². The summed E-state index contributed by atoms with van der Waals surface area (Å²) in [6.45, 7) is 1.08. The molecule has 0 radical (unpaired) electrons. The van der Waals surface area contributed by atoms with E-state index in [9.17, 15) is 4.79 Å². The number of hydrogen-bond acceptors (Lipinski definition) is 3. The number of carbonyl (C=O) groups is 1. The van der Waals surface area contributed by atoms with Crippen molar-refractivity contribution in [1.82, 2.24) is 5.32 Å². The number of nitrogens with two attached hydrogens (primary N) is 1. The molecule has 0 fully saturated rings. The van der Waals surface area contributed by atoms with E-state index in [-0.39, 0.29) is 4.90 Å². The molecule has 0 saturated heterocycles. The van der Waals surface area contributed by atoms with Gasteiger partial charge < -0.3 is 16.2 Å². The molecule has 0 aliphatic heterocycles. The van der Waals surface area contributed by atoms with Crippen LogP contribution in [0.1, 0.15) is 0 Å². The van der Waals surface area contributed by atoms with Crippen LogP contribution >= 0.6 is 0 Å². The molecule has 4 N–H and O–H groups in total. The van der Waals surface area contributed by atoms with E-state index < -0.39 is 5.97 Å². The summed E-state index contributed by atoms with van der Waals surface area (Å²) in [5.41, 5.74) is 5.14. The van der Waals surface area contributed by atoms with Crippen LogP contribution in [0.25, 0.3) is 0 Å². The lowest BCUT2D eigenvalue weighted by atomic mass is 10.6. The topological polar surface area (TPSA) is 75.3 Å². The molecule has 0 aromatic carbocycles. The highest BCUT2D eigenvalue weighted by Gasteiger charge is 2.07. The van der Waals surface area contributed by atoms with Gasteiger partial charge in [-0.25, -0.2) is 0 Å². The first-order valence-corrected chi connectivity index (χ1v) is 4.00. The molecule has 5 heteroatoms. The summed E-state index contributed by atoms with van der Waals surface area (Å²) < 4.78 is 0. The van der Waals surface area contributed by atoms with Gasteiger partial charge >= 0.3 is 5.97 Å². The van der Waals surface area contributed by atoms with Gasteiger partial charge in [-0.05, 0) is 0 Å². The van der Waals surface area contributed by atoms with Crippen LogP contribution in [0.2, 0.25) is 0 Å². The van der Waals surface area contributed by atoms with Crippen molar-refractivity contribution >= 4 is 22.3 Å². The lowest BCUT2D eigenvalue weighted by molar-refractivity contribution is -0.137. The Bertz CT molecular complexity index is 98.6. The molecule has 0 saturated carbocycles. The Morgan fingerprint density at radius 3 is 2.78 bits per heavy atom. The predicted molar refractivity (Wildman–Crippen MR) is 37.0 cm³/mol. The van der Waals surface area contributed by atoms with Crippen molar-refractivity contribution in [1.29, 1.82) is 0 Å². The molecule has 1 unspecified atom stereocenters. The van der Waals surface area contributed by atoms with E-state index in [1.807, 2.05) is 0 Å². The standard InChI is InChI=1S/C4H9N2O2.Al.2H/c5-1-2-6-3-4(7)8;;;/h3,6H,1-2,5H2,(H,7,8);;;. The fourth-order valence-electron chi connectivity index (χ4n) is 0.387. The predicted octanol–water partition coefficient (Wildman–Crippen LogP) is -2.42. The number of aliphatic carboxylic acids is 1. The Balaban J connectivity index is 3.27. The number of rotatable bonds is 4. The number of nitrogens with one attached hydrogen (secondary N) is 1. The molecule has 0 bridgehead atoms. The summed E-state index contributed by atoms with van der Waals surface area (Å²) in [6, 6.07) is 0. The summed E-state index contributed by atoms with van der Waals surface area (Å²) in [5, 5.41) is 11.1. The summed E-state index contributed by atoms with van der Waals surface area (Å²) in [5.74, 6) is -0.782. The molecule has 0 heterocycles. The van der Waals surface area contributed by atoms with Gasteiger partial charge in [-0.2, -0.15) is 0 Å². The van der Waals surface area contributed by atoms with E-state index >= 15 is 0 Å². The van der Waals surface area contributed by atoms with Gasteiger partial charge in [0.1, 0.15) is 0 Å². The monoisotopic (exact) mass is 146 g/mol. The van der Waals surface area contributed by atoms with Gasteiger partial charge in [-0.15, -0.1) is 0 Å². The van der Waals surface area contributed by atoms with E-state index in [1.165, 1.54) is 0 Å². The summed E-state index contributed by atoms with van der Waals surface area (Å²) >= 11 is 0.622. The summed E-state index contributed by atoms with van der Waals surface area (Å²) in [4.78, 5) is 9.78. The van der Waals surface area contributed by atoms with Crippen molar-refractivity contribution in [3.63, 3.8) is 0 Å². The normalized spacial score (nSPS) is 13.0. The second kappa shape index (κ2) is 4.77. The van der Waals surface area contributed by atoms with Crippen LogP contribution in [0, 0.1) is 0 Å². The quantitative estimate of drug-likeness (QED) is 0.386. The minimum atomic E-state index is -0.782. The Morgan fingerprint density at radius 2 is 2.44 bits per heavy atom. The molecule has 0 aromatic heterocycles. The first kappa shape index (κ1) is 8.92. The van der Waals surface area contributed by atoms with Gasteiger partial charge in [-0.3, -0.25) is 4.79 Å². The Hall–Kier alpha value is -0.0775. The largest absolute Gasteiger partial charge is 0.481 e. The Labute approximate surface area is 61.8 Å². The van der Waals surface area contributed by atoms with E-state index in [1.54, 1.807) is 0 Å². The molecule has 0 aromatic rings. The maximum Gasteiger partial charge on any atom is 0.305 e. The van der Waals surface area contributed by atoms with E-state index in [2.05, 4.69) is 5.32 Å². The minimum absolute atomic E-state index is 0.353. The molecule has 1 atom stereocenters. The van der Waals surface area contributed by atoms with Gasteiger partial charge in [0.05, 0.1) is 0 Å². The molecule has 0 rings (SSSR count). The van der Waals surface area contributed by atoms with Crippen LogP contribution in [0.3, 0.4) is 0 Å². The van der Waals surface area contributed by atoms with Crippen molar-refractivity contribution in [3.8, 4) is 0 Å². The third-order valence-electron chi connectivity index (χ3n) is 0.965. The highest BCUT2D eigenvalue weighted by Crippen LogP contribution is 1.71. The fraction of sp³-hybridized carbons (Fsp3) is 0.750. The van der Waals surface area contributed by atoms with Gasteiger partial charge in [0.2, 0.25) is 0 Å². The molecule has 0 amide bonds. The second-order valence-electron chi connectivity index (χ2n) is 1.80. The lowest BCUT2D eigenvalue weighted by Gasteiger charge is -2.06. The van der Waals surface area contributed by atoms with E-state index in [4.69, 9.17) is 10.8 Å². The molecule has 4 nitrogen and oxygen atoms in total. The van der Waals surface area contributed by atoms with Crippen LogP contribution in [0.4, 0.5) is 0 Å². The van der Waals surface area contributed by atoms with Gasteiger partial charge in [0.25, 0.3) is 16.3 Å². The molecular formula is C4H11AlN2O2. The summed E-state index contributed by atoms with van der Waals surface area (Å²) in [6.07, 6.45) is 0. The average Bonchev–Trinajstić information content (AvgIpc) is 1.82. The average molecular weight is 146 g/mol. The molecular weight excluding hydrogens is 135 g/mol. The SMILES string of the molecule is NCCN[CH]([AlH2])C(=O)O. The zero-order valence-electron chi connectivity index (χ0n) is 5.42. The molecule has 52 valence electrons. The first-order chi connectivity index (χ1) is 4.18.